The predicted molar refractivity (Wildman–Crippen MR) is 53.3 cm³/mol. The van der Waals surface area contributed by atoms with Gasteiger partial charge < -0.3 is 10.1 Å². The molecule has 0 radical (unpaired) electrons. The van der Waals surface area contributed by atoms with Gasteiger partial charge in [-0.1, -0.05) is 0 Å². The first-order valence-electron chi connectivity index (χ1n) is 5.01. The van der Waals surface area contributed by atoms with Crippen molar-refractivity contribution in [2.45, 2.75) is 25.9 Å². The summed E-state index contributed by atoms with van der Waals surface area (Å²) in [5.74, 6) is 0. The lowest BCUT2D eigenvalue weighted by molar-refractivity contribution is 0.148. The van der Waals surface area contributed by atoms with Gasteiger partial charge in [-0.2, -0.15) is 0 Å². The van der Waals surface area contributed by atoms with Crippen LogP contribution in [-0.2, 0) is 0 Å². The fraction of sp³-hybridized carbons (Fsp3) is 0.600. The van der Waals surface area contributed by atoms with E-state index in [4.69, 9.17) is 4.74 Å². The SMILES string of the molecule is Cc1ccnc(OC2CCNCC2)n1. The van der Waals surface area contributed by atoms with Gasteiger partial charge >= 0.3 is 6.01 Å². The zero-order valence-electron chi connectivity index (χ0n) is 8.36. The highest BCUT2D eigenvalue weighted by Gasteiger charge is 2.15. The van der Waals surface area contributed by atoms with E-state index in [1.807, 2.05) is 13.0 Å². The number of aryl methyl sites for hydroxylation is 1. The van der Waals surface area contributed by atoms with E-state index < -0.39 is 0 Å². The van der Waals surface area contributed by atoms with Crippen LogP contribution in [0.25, 0.3) is 0 Å². The maximum Gasteiger partial charge on any atom is 0.316 e. The minimum absolute atomic E-state index is 0.276. The molecule has 1 fully saturated rings. The van der Waals surface area contributed by atoms with E-state index in [-0.39, 0.29) is 6.10 Å². The number of nitrogens with zero attached hydrogens (tertiary/aromatic N) is 2. The van der Waals surface area contributed by atoms with Crippen molar-refractivity contribution in [2.24, 2.45) is 0 Å². The minimum Gasteiger partial charge on any atom is -0.460 e. The monoisotopic (exact) mass is 193 g/mol. The molecule has 1 aromatic heterocycles. The maximum atomic E-state index is 5.67. The van der Waals surface area contributed by atoms with Crippen molar-refractivity contribution in [3.63, 3.8) is 0 Å². The van der Waals surface area contributed by atoms with E-state index in [1.54, 1.807) is 6.20 Å². The van der Waals surface area contributed by atoms with Gasteiger partial charge in [0.15, 0.2) is 0 Å². The predicted octanol–water partition coefficient (Wildman–Crippen LogP) is 0.916. The Morgan fingerprint density at radius 2 is 2.21 bits per heavy atom. The standard InChI is InChI=1S/C10H15N3O/c1-8-2-7-12-10(13-8)14-9-3-5-11-6-4-9/h2,7,9,11H,3-6H2,1H3. The van der Waals surface area contributed by atoms with E-state index in [0.29, 0.717) is 6.01 Å². The van der Waals surface area contributed by atoms with Gasteiger partial charge in [0.1, 0.15) is 6.10 Å². The quantitative estimate of drug-likeness (QED) is 0.758. The maximum absolute atomic E-state index is 5.67. The van der Waals surface area contributed by atoms with Crippen molar-refractivity contribution in [3.8, 4) is 6.01 Å². The first kappa shape index (κ1) is 9.40. The minimum atomic E-state index is 0.276. The van der Waals surface area contributed by atoms with Crippen LogP contribution in [0, 0.1) is 6.92 Å². The molecule has 0 aliphatic carbocycles. The molecule has 0 unspecified atom stereocenters. The fourth-order valence-corrected chi connectivity index (χ4v) is 1.55. The molecule has 1 aromatic rings. The number of rotatable bonds is 2. The van der Waals surface area contributed by atoms with Gasteiger partial charge in [0, 0.05) is 11.9 Å². The van der Waals surface area contributed by atoms with E-state index in [9.17, 15) is 0 Å². The molecule has 4 heteroatoms. The number of hydrogen-bond donors (Lipinski definition) is 1. The summed E-state index contributed by atoms with van der Waals surface area (Å²) in [6.45, 7) is 3.99. The largest absolute Gasteiger partial charge is 0.460 e. The van der Waals surface area contributed by atoms with Gasteiger partial charge in [-0.05, 0) is 38.9 Å². The van der Waals surface area contributed by atoms with Crippen LogP contribution in [0.5, 0.6) is 6.01 Å². The zero-order valence-corrected chi connectivity index (χ0v) is 8.36. The molecule has 2 heterocycles. The lowest BCUT2D eigenvalue weighted by Gasteiger charge is -2.22. The molecule has 0 bridgehead atoms. The third-order valence-electron chi connectivity index (χ3n) is 2.33. The van der Waals surface area contributed by atoms with Crippen molar-refractivity contribution in [1.29, 1.82) is 0 Å². The number of nitrogens with one attached hydrogen (secondary N) is 1. The van der Waals surface area contributed by atoms with Crippen LogP contribution in [0.3, 0.4) is 0 Å². The molecule has 14 heavy (non-hydrogen) atoms. The summed E-state index contributed by atoms with van der Waals surface area (Å²) in [4.78, 5) is 8.29. The van der Waals surface area contributed by atoms with Crippen molar-refractivity contribution >= 4 is 0 Å². The van der Waals surface area contributed by atoms with Crippen molar-refractivity contribution in [1.82, 2.24) is 15.3 Å². The highest BCUT2D eigenvalue weighted by atomic mass is 16.5. The van der Waals surface area contributed by atoms with E-state index >= 15 is 0 Å². The van der Waals surface area contributed by atoms with Gasteiger partial charge in [0.05, 0.1) is 0 Å². The topological polar surface area (TPSA) is 47.0 Å². The first-order chi connectivity index (χ1) is 6.84. The molecule has 0 amide bonds. The first-order valence-corrected chi connectivity index (χ1v) is 5.01. The van der Waals surface area contributed by atoms with Gasteiger partial charge in [0.25, 0.3) is 0 Å². The summed E-state index contributed by atoms with van der Waals surface area (Å²) < 4.78 is 5.67. The Morgan fingerprint density at radius 3 is 2.93 bits per heavy atom. The number of piperidine rings is 1. The summed E-state index contributed by atoms with van der Waals surface area (Å²) in [5, 5.41) is 3.29. The molecule has 0 aromatic carbocycles. The highest BCUT2D eigenvalue weighted by Crippen LogP contribution is 2.11. The van der Waals surface area contributed by atoms with Crippen LogP contribution in [0.1, 0.15) is 18.5 Å². The van der Waals surface area contributed by atoms with Crippen molar-refractivity contribution < 1.29 is 4.74 Å². The van der Waals surface area contributed by atoms with Crippen molar-refractivity contribution in [2.75, 3.05) is 13.1 Å². The Hall–Kier alpha value is -1.16. The summed E-state index contributed by atoms with van der Waals surface area (Å²) in [5.41, 5.74) is 0.948. The van der Waals surface area contributed by atoms with E-state index in [2.05, 4.69) is 15.3 Å². The number of aromatic nitrogens is 2. The molecular weight excluding hydrogens is 178 g/mol. The zero-order chi connectivity index (χ0) is 9.80. The fourth-order valence-electron chi connectivity index (χ4n) is 1.55. The summed E-state index contributed by atoms with van der Waals surface area (Å²) in [6.07, 6.45) is 4.09. The van der Waals surface area contributed by atoms with E-state index in [1.165, 1.54) is 0 Å². The summed E-state index contributed by atoms with van der Waals surface area (Å²) in [6, 6.07) is 2.38. The highest BCUT2D eigenvalue weighted by molar-refractivity contribution is 5.03. The van der Waals surface area contributed by atoms with Crippen LogP contribution in [0.15, 0.2) is 12.3 Å². The molecule has 76 valence electrons. The smallest absolute Gasteiger partial charge is 0.316 e. The van der Waals surface area contributed by atoms with Gasteiger partial charge in [-0.15, -0.1) is 0 Å². The number of ether oxygens (including phenoxy) is 1. The lowest BCUT2D eigenvalue weighted by atomic mass is 10.1. The molecule has 0 atom stereocenters. The second kappa shape index (κ2) is 4.37. The molecular formula is C10H15N3O. The Bertz CT molecular complexity index is 297. The average Bonchev–Trinajstić information content (AvgIpc) is 2.19. The van der Waals surface area contributed by atoms with Gasteiger partial charge in [-0.3, -0.25) is 0 Å². The normalized spacial score (nSPS) is 18.1. The summed E-state index contributed by atoms with van der Waals surface area (Å²) >= 11 is 0. The number of hydrogen-bond acceptors (Lipinski definition) is 4. The molecule has 0 saturated carbocycles. The van der Waals surface area contributed by atoms with Crippen LogP contribution < -0.4 is 10.1 Å². The Balaban J connectivity index is 1.95. The Morgan fingerprint density at radius 1 is 1.43 bits per heavy atom. The molecule has 1 N–H and O–H groups in total. The second-order valence-electron chi connectivity index (χ2n) is 3.55. The summed E-state index contributed by atoms with van der Waals surface area (Å²) in [7, 11) is 0. The third-order valence-corrected chi connectivity index (χ3v) is 2.33. The van der Waals surface area contributed by atoms with Crippen LogP contribution in [0.4, 0.5) is 0 Å². The van der Waals surface area contributed by atoms with E-state index in [0.717, 1.165) is 31.6 Å². The Kier molecular flexibility index (Phi) is 2.93. The molecule has 1 saturated heterocycles. The van der Waals surface area contributed by atoms with Crippen molar-refractivity contribution in [3.05, 3.63) is 18.0 Å². The third kappa shape index (κ3) is 2.42. The van der Waals surface area contributed by atoms with Crippen LogP contribution in [-0.4, -0.2) is 29.2 Å². The lowest BCUT2D eigenvalue weighted by Crippen LogP contribution is -2.34. The molecule has 2 rings (SSSR count). The molecule has 1 aliphatic rings. The van der Waals surface area contributed by atoms with Gasteiger partial charge in [-0.25, -0.2) is 9.97 Å². The molecule has 0 spiro atoms. The second-order valence-corrected chi connectivity index (χ2v) is 3.55. The van der Waals surface area contributed by atoms with Crippen LogP contribution in [0.2, 0.25) is 0 Å². The van der Waals surface area contributed by atoms with Crippen LogP contribution >= 0.6 is 0 Å². The Labute approximate surface area is 83.7 Å². The average molecular weight is 193 g/mol. The molecule has 1 aliphatic heterocycles. The molecule has 4 nitrogen and oxygen atoms in total. The van der Waals surface area contributed by atoms with Gasteiger partial charge in [0.2, 0.25) is 0 Å².